The second kappa shape index (κ2) is 10.3. The third-order valence-corrected chi connectivity index (χ3v) is 8.29. The number of hydrogen-bond acceptors (Lipinski definition) is 7. The van der Waals surface area contributed by atoms with Crippen LogP contribution >= 0.6 is 0 Å². The second-order valence-corrected chi connectivity index (χ2v) is 10.7. The maximum absolute atomic E-state index is 13.7. The van der Waals surface area contributed by atoms with Crippen LogP contribution in [0.2, 0.25) is 0 Å². The predicted molar refractivity (Wildman–Crippen MR) is 148 cm³/mol. The highest BCUT2D eigenvalue weighted by Gasteiger charge is 2.29. The van der Waals surface area contributed by atoms with Crippen LogP contribution in [0, 0.1) is 5.82 Å². The third-order valence-electron chi connectivity index (χ3n) is 8.29. The number of carbonyl (C=O) groups excluding carboxylic acids is 1. The lowest BCUT2D eigenvalue weighted by Gasteiger charge is -2.21. The Morgan fingerprint density at radius 1 is 1.23 bits per heavy atom. The Labute approximate surface area is 231 Å². The molecule has 0 radical (unpaired) electrons. The topological polar surface area (TPSA) is 93.0 Å². The molecule has 7 rings (SSSR count). The van der Waals surface area contributed by atoms with Gasteiger partial charge in [0.1, 0.15) is 17.3 Å². The average Bonchev–Trinajstić information content (AvgIpc) is 3.77. The van der Waals surface area contributed by atoms with Crippen molar-refractivity contribution >= 4 is 23.1 Å². The van der Waals surface area contributed by atoms with Crippen LogP contribution in [0.4, 0.5) is 15.9 Å². The molecule has 0 saturated carbocycles. The second-order valence-electron chi connectivity index (χ2n) is 10.7. The fourth-order valence-corrected chi connectivity index (χ4v) is 6.19. The summed E-state index contributed by atoms with van der Waals surface area (Å²) in [7, 11) is 1.77. The van der Waals surface area contributed by atoms with Crippen LogP contribution in [-0.4, -0.2) is 64.7 Å². The summed E-state index contributed by atoms with van der Waals surface area (Å²) in [6.07, 6.45) is 5.64. The maximum Gasteiger partial charge on any atom is 0.254 e. The van der Waals surface area contributed by atoms with Gasteiger partial charge in [-0.05, 0) is 42.2 Å². The zero-order chi connectivity index (χ0) is 27.2. The van der Waals surface area contributed by atoms with Gasteiger partial charge >= 0.3 is 0 Å². The van der Waals surface area contributed by atoms with Gasteiger partial charge in [0, 0.05) is 63.6 Å². The standard InChI is InChI=1S/C30H31FN6O3/c1-39-20-7-9-36(15-20)16-25-21(18-8-11-40-17-18)3-5-27(35-25)34-24-4-2-22(23-13-33-30(38)29(23)24)26-14-32-28-12-19(31)6-10-37(26)28/h2-6,10,12,14,18,20H,7-9,11,13,15-17H2,1H3,(H,33,38)(H,34,35)/t18-,20+/m1/s1. The fraction of sp³-hybridized carbons (Fsp3) is 0.367. The Hall–Kier alpha value is -3.86. The normalized spacial score (nSPS) is 20.8. The summed E-state index contributed by atoms with van der Waals surface area (Å²) in [5, 5.41) is 6.40. The van der Waals surface area contributed by atoms with Crippen molar-refractivity contribution in [1.82, 2.24) is 24.6 Å². The minimum absolute atomic E-state index is 0.137. The molecule has 40 heavy (non-hydrogen) atoms. The smallest absolute Gasteiger partial charge is 0.254 e. The first kappa shape index (κ1) is 25.1. The van der Waals surface area contributed by atoms with Crippen molar-refractivity contribution in [3.63, 3.8) is 0 Å². The molecule has 0 bridgehead atoms. The quantitative estimate of drug-likeness (QED) is 0.361. The lowest BCUT2D eigenvalue weighted by atomic mass is 9.96. The Balaban J connectivity index is 1.22. The van der Waals surface area contributed by atoms with Gasteiger partial charge in [0.05, 0.1) is 41.5 Å². The minimum Gasteiger partial charge on any atom is -0.381 e. The number of fused-ring (bicyclic) bond motifs is 2. The van der Waals surface area contributed by atoms with E-state index in [0.29, 0.717) is 41.8 Å². The number of nitrogens with one attached hydrogen (secondary N) is 2. The Kier molecular flexibility index (Phi) is 6.45. The van der Waals surface area contributed by atoms with Gasteiger partial charge in [-0.15, -0.1) is 0 Å². The van der Waals surface area contributed by atoms with Crippen LogP contribution in [0.15, 0.2) is 48.8 Å². The van der Waals surface area contributed by atoms with E-state index in [1.54, 1.807) is 19.5 Å². The summed E-state index contributed by atoms with van der Waals surface area (Å²) in [4.78, 5) is 24.8. The van der Waals surface area contributed by atoms with Crippen LogP contribution in [-0.2, 0) is 22.6 Å². The van der Waals surface area contributed by atoms with E-state index < -0.39 is 0 Å². The summed E-state index contributed by atoms with van der Waals surface area (Å²) in [6, 6.07) is 10.8. The lowest BCUT2D eigenvalue weighted by molar-refractivity contribution is 0.0966. The lowest BCUT2D eigenvalue weighted by Crippen LogP contribution is -2.24. The summed E-state index contributed by atoms with van der Waals surface area (Å²) in [6.45, 7) is 4.50. The molecule has 206 valence electrons. The number of amides is 1. The first-order valence-corrected chi connectivity index (χ1v) is 13.7. The van der Waals surface area contributed by atoms with Gasteiger partial charge in [-0.2, -0.15) is 0 Å². The van der Waals surface area contributed by atoms with Crippen molar-refractivity contribution in [1.29, 1.82) is 0 Å². The van der Waals surface area contributed by atoms with Crippen LogP contribution in [0.3, 0.4) is 0 Å². The molecule has 6 heterocycles. The molecule has 2 fully saturated rings. The number of carbonyl (C=O) groups is 1. The number of halogens is 1. The van der Waals surface area contributed by atoms with Gasteiger partial charge in [-0.1, -0.05) is 12.1 Å². The largest absolute Gasteiger partial charge is 0.381 e. The number of hydrogen-bond donors (Lipinski definition) is 2. The molecule has 0 aliphatic carbocycles. The van der Waals surface area contributed by atoms with Gasteiger partial charge in [0.25, 0.3) is 5.91 Å². The number of benzene rings is 1. The van der Waals surface area contributed by atoms with Crippen molar-refractivity contribution in [3.8, 4) is 11.3 Å². The first-order chi connectivity index (χ1) is 19.6. The monoisotopic (exact) mass is 542 g/mol. The molecular weight excluding hydrogens is 511 g/mol. The molecule has 2 atom stereocenters. The molecule has 2 saturated heterocycles. The Bertz CT molecular complexity index is 1600. The number of aromatic nitrogens is 3. The van der Waals surface area contributed by atoms with E-state index in [-0.39, 0.29) is 17.8 Å². The van der Waals surface area contributed by atoms with Crippen molar-refractivity contribution < 1.29 is 18.7 Å². The highest BCUT2D eigenvalue weighted by Crippen LogP contribution is 2.36. The van der Waals surface area contributed by atoms with E-state index in [1.165, 1.54) is 17.7 Å². The number of nitrogens with zero attached hydrogens (tertiary/aromatic N) is 4. The van der Waals surface area contributed by atoms with E-state index in [2.05, 4.69) is 26.6 Å². The molecule has 9 nitrogen and oxygen atoms in total. The summed E-state index contributed by atoms with van der Waals surface area (Å²) < 4.78 is 26.8. The van der Waals surface area contributed by atoms with Gasteiger partial charge < -0.3 is 20.1 Å². The molecule has 4 aromatic rings. The molecule has 1 aromatic carbocycles. The highest BCUT2D eigenvalue weighted by molar-refractivity contribution is 6.06. The van der Waals surface area contributed by atoms with Crippen molar-refractivity contribution in [2.45, 2.75) is 38.0 Å². The van der Waals surface area contributed by atoms with E-state index in [0.717, 1.165) is 61.6 Å². The number of pyridine rings is 2. The molecule has 2 N–H and O–H groups in total. The zero-order valence-corrected chi connectivity index (χ0v) is 22.3. The SMILES string of the molecule is CO[C@H]1CCN(Cc2nc(Nc3ccc(-c4cnc5cc(F)ccn45)c4c3C(=O)NC4)ccc2[C@@H]2CCOC2)C1. The van der Waals surface area contributed by atoms with E-state index in [9.17, 15) is 9.18 Å². The van der Waals surface area contributed by atoms with E-state index in [1.807, 2.05) is 22.6 Å². The predicted octanol–water partition coefficient (Wildman–Crippen LogP) is 4.25. The van der Waals surface area contributed by atoms with Crippen LogP contribution in [0.25, 0.3) is 16.9 Å². The summed E-state index contributed by atoms with van der Waals surface area (Å²) in [5.74, 6) is 0.556. The van der Waals surface area contributed by atoms with Crippen LogP contribution in [0.5, 0.6) is 0 Å². The molecule has 3 aliphatic heterocycles. The van der Waals surface area contributed by atoms with E-state index in [4.69, 9.17) is 14.5 Å². The number of methoxy groups -OCH3 is 1. The first-order valence-electron chi connectivity index (χ1n) is 13.7. The number of ether oxygens (including phenoxy) is 2. The molecule has 3 aliphatic rings. The molecule has 10 heteroatoms. The van der Waals surface area contributed by atoms with E-state index >= 15 is 0 Å². The zero-order valence-electron chi connectivity index (χ0n) is 22.3. The maximum atomic E-state index is 13.7. The molecular formula is C30H31FN6O3. The number of imidazole rings is 1. The highest BCUT2D eigenvalue weighted by atomic mass is 19.1. The summed E-state index contributed by atoms with van der Waals surface area (Å²) >= 11 is 0. The average molecular weight is 543 g/mol. The van der Waals surface area contributed by atoms with Crippen molar-refractivity contribution in [3.05, 3.63) is 77.0 Å². The number of rotatable bonds is 7. The van der Waals surface area contributed by atoms with Gasteiger partial charge in [0.2, 0.25) is 0 Å². The van der Waals surface area contributed by atoms with Gasteiger partial charge in [-0.25, -0.2) is 14.4 Å². The minimum atomic E-state index is -0.340. The van der Waals surface area contributed by atoms with Crippen molar-refractivity contribution in [2.24, 2.45) is 0 Å². The number of anilines is 2. The van der Waals surface area contributed by atoms with Gasteiger partial charge in [-0.3, -0.25) is 14.1 Å². The summed E-state index contributed by atoms with van der Waals surface area (Å²) in [5.41, 5.74) is 6.63. The molecule has 1 amide bonds. The molecule has 3 aromatic heterocycles. The third kappa shape index (κ3) is 4.51. The Morgan fingerprint density at radius 3 is 2.98 bits per heavy atom. The fourth-order valence-electron chi connectivity index (χ4n) is 6.19. The van der Waals surface area contributed by atoms with Crippen LogP contribution in [0.1, 0.15) is 45.9 Å². The Morgan fingerprint density at radius 2 is 2.15 bits per heavy atom. The molecule has 0 unspecified atom stereocenters. The number of likely N-dealkylation sites (tertiary alicyclic amines) is 1. The van der Waals surface area contributed by atoms with Crippen molar-refractivity contribution in [2.75, 3.05) is 38.7 Å². The molecule has 0 spiro atoms. The van der Waals surface area contributed by atoms with Crippen LogP contribution < -0.4 is 10.6 Å². The van der Waals surface area contributed by atoms with Gasteiger partial charge in [0.15, 0.2) is 0 Å².